The fourth-order valence-electron chi connectivity index (χ4n) is 1.94. The predicted molar refractivity (Wildman–Crippen MR) is 56.5 cm³/mol. The molecule has 0 N–H and O–H groups in total. The van der Waals surface area contributed by atoms with E-state index in [1.165, 1.54) is 0 Å². The Balaban J connectivity index is 2.03. The highest BCUT2D eigenvalue weighted by atomic mass is 28.4. The van der Waals surface area contributed by atoms with Crippen molar-refractivity contribution in [2.45, 2.75) is 13.0 Å². The molecule has 88 valence electrons. The van der Waals surface area contributed by atoms with Crippen LogP contribution in [-0.4, -0.2) is 66.0 Å². The lowest BCUT2D eigenvalue weighted by Gasteiger charge is -2.40. The molecule has 2 aliphatic heterocycles. The van der Waals surface area contributed by atoms with E-state index in [4.69, 9.17) is 18.0 Å². The molecule has 0 amide bonds. The maximum Gasteiger partial charge on any atom is 0.528 e. The molecule has 2 bridgehead atoms. The molecule has 2 fully saturated rings. The summed E-state index contributed by atoms with van der Waals surface area (Å²) in [6.45, 7) is 5.72. The second-order valence-corrected chi connectivity index (χ2v) is 6.45. The number of hydrogen-bond donors (Lipinski definition) is 0. The zero-order valence-electron chi connectivity index (χ0n) is 9.40. The second kappa shape index (κ2) is 4.90. The van der Waals surface area contributed by atoms with Crippen LogP contribution in [0.3, 0.4) is 0 Å². The van der Waals surface area contributed by atoms with Gasteiger partial charge in [-0.15, -0.1) is 0 Å². The third-order valence-corrected chi connectivity index (χ3v) is 5.23. The lowest BCUT2D eigenvalue weighted by Crippen LogP contribution is -2.61. The largest absolute Gasteiger partial charge is 0.528 e. The highest BCUT2D eigenvalue weighted by Gasteiger charge is 2.48. The van der Waals surface area contributed by atoms with Crippen molar-refractivity contribution in [3.63, 3.8) is 0 Å². The van der Waals surface area contributed by atoms with Crippen molar-refractivity contribution in [3.05, 3.63) is 0 Å². The monoisotopic (exact) mass is 233 g/mol. The first kappa shape index (κ1) is 11.5. The van der Waals surface area contributed by atoms with Gasteiger partial charge in [-0.3, -0.25) is 0 Å². The van der Waals surface area contributed by atoms with Crippen molar-refractivity contribution in [3.8, 4) is 0 Å². The molecule has 0 aromatic rings. The van der Waals surface area contributed by atoms with Crippen LogP contribution in [0, 0.1) is 0 Å². The minimum Gasteiger partial charge on any atom is -0.374 e. The van der Waals surface area contributed by atoms with Crippen LogP contribution < -0.4 is 0 Å². The standard InChI is InChI=1S/C9H19NO4Si/c1-3-12-15-8-11-7-9(14-15)6-10(2)4-5-13-15/h9H,3-8H2,1-2H3. The van der Waals surface area contributed by atoms with E-state index in [-0.39, 0.29) is 6.10 Å². The highest BCUT2D eigenvalue weighted by Crippen LogP contribution is 2.20. The third kappa shape index (κ3) is 2.77. The molecular formula is C9H19NO4Si. The summed E-state index contributed by atoms with van der Waals surface area (Å²) in [5, 5.41) is 0. The van der Waals surface area contributed by atoms with Crippen LogP contribution in [0.1, 0.15) is 6.92 Å². The van der Waals surface area contributed by atoms with Gasteiger partial charge >= 0.3 is 8.80 Å². The summed E-state index contributed by atoms with van der Waals surface area (Å²) in [6.07, 6.45) is 0.600. The van der Waals surface area contributed by atoms with Crippen molar-refractivity contribution in [1.82, 2.24) is 4.90 Å². The van der Waals surface area contributed by atoms with E-state index in [9.17, 15) is 0 Å². The molecule has 0 aliphatic carbocycles. The zero-order chi connectivity index (χ0) is 10.7. The molecule has 2 heterocycles. The molecule has 5 nitrogen and oxygen atoms in total. The van der Waals surface area contributed by atoms with Crippen LogP contribution >= 0.6 is 0 Å². The van der Waals surface area contributed by atoms with Crippen molar-refractivity contribution >= 4 is 8.80 Å². The summed E-state index contributed by atoms with van der Waals surface area (Å²) in [5.41, 5.74) is 0. The number of nitrogens with zero attached hydrogens (tertiary/aromatic N) is 1. The molecule has 2 unspecified atom stereocenters. The van der Waals surface area contributed by atoms with Crippen LogP contribution in [-0.2, 0) is 18.0 Å². The smallest absolute Gasteiger partial charge is 0.374 e. The molecule has 6 heteroatoms. The van der Waals surface area contributed by atoms with E-state index in [0.29, 0.717) is 26.1 Å². The summed E-state index contributed by atoms with van der Waals surface area (Å²) in [7, 11) is -0.428. The lowest BCUT2D eigenvalue weighted by atomic mass is 10.3. The van der Waals surface area contributed by atoms with E-state index in [0.717, 1.165) is 13.1 Å². The number of ether oxygens (including phenoxy) is 1. The molecule has 2 atom stereocenters. The van der Waals surface area contributed by atoms with Crippen molar-refractivity contribution in [1.29, 1.82) is 0 Å². The van der Waals surface area contributed by atoms with E-state index in [1.54, 1.807) is 0 Å². The van der Waals surface area contributed by atoms with Gasteiger partial charge in [0, 0.05) is 19.7 Å². The molecular weight excluding hydrogens is 214 g/mol. The Bertz CT molecular complexity index is 214. The number of rotatable bonds is 2. The Morgan fingerprint density at radius 3 is 3.20 bits per heavy atom. The van der Waals surface area contributed by atoms with E-state index in [2.05, 4.69) is 11.9 Å². The van der Waals surface area contributed by atoms with Gasteiger partial charge in [-0.1, -0.05) is 0 Å². The Kier molecular flexibility index (Phi) is 3.76. The normalized spacial score (nSPS) is 38.4. The van der Waals surface area contributed by atoms with Gasteiger partial charge in [0.15, 0.2) is 0 Å². The molecule has 0 aromatic heterocycles. The van der Waals surface area contributed by atoms with Gasteiger partial charge < -0.3 is 22.9 Å². The quantitative estimate of drug-likeness (QED) is 0.622. The molecule has 15 heavy (non-hydrogen) atoms. The summed E-state index contributed by atoms with van der Waals surface area (Å²) in [5.74, 6) is 0. The topological polar surface area (TPSA) is 40.2 Å². The second-order valence-electron chi connectivity index (χ2n) is 3.98. The maximum absolute atomic E-state index is 5.95. The number of hydrogen-bond acceptors (Lipinski definition) is 5. The van der Waals surface area contributed by atoms with Gasteiger partial charge in [0.25, 0.3) is 0 Å². The van der Waals surface area contributed by atoms with Crippen LogP contribution in [0.2, 0.25) is 0 Å². The van der Waals surface area contributed by atoms with Gasteiger partial charge in [-0.2, -0.15) is 0 Å². The first-order valence-electron chi connectivity index (χ1n) is 5.46. The molecule has 2 aliphatic rings. The minimum absolute atomic E-state index is 0.0993. The van der Waals surface area contributed by atoms with Crippen LogP contribution in [0.4, 0.5) is 0 Å². The van der Waals surface area contributed by atoms with Crippen molar-refractivity contribution in [2.24, 2.45) is 0 Å². The van der Waals surface area contributed by atoms with Gasteiger partial charge in [-0.05, 0) is 14.0 Å². The number of likely N-dealkylation sites (N-methyl/N-ethyl adjacent to an activating group) is 1. The Hall–Kier alpha value is 0.0169. The highest BCUT2D eigenvalue weighted by molar-refractivity contribution is 6.60. The van der Waals surface area contributed by atoms with Crippen LogP contribution in [0.15, 0.2) is 0 Å². The molecule has 2 rings (SSSR count). The van der Waals surface area contributed by atoms with Gasteiger partial charge in [0.2, 0.25) is 0 Å². The molecule has 0 spiro atoms. The first-order chi connectivity index (χ1) is 7.24. The Morgan fingerprint density at radius 1 is 1.53 bits per heavy atom. The Morgan fingerprint density at radius 2 is 2.40 bits per heavy atom. The molecule has 2 saturated heterocycles. The first-order valence-corrected chi connectivity index (χ1v) is 7.39. The molecule has 0 saturated carbocycles. The van der Waals surface area contributed by atoms with E-state index < -0.39 is 8.80 Å². The SMILES string of the molecule is CCO[Si]12COCC(CN(C)CCO1)O2. The van der Waals surface area contributed by atoms with Gasteiger partial charge in [0.1, 0.15) is 6.23 Å². The van der Waals surface area contributed by atoms with Gasteiger partial charge in [0.05, 0.1) is 19.3 Å². The van der Waals surface area contributed by atoms with Crippen LogP contribution in [0.25, 0.3) is 0 Å². The fraction of sp³-hybridized carbons (Fsp3) is 1.00. The molecule has 0 radical (unpaired) electrons. The summed E-state index contributed by atoms with van der Waals surface area (Å²) in [4.78, 5) is 2.20. The minimum atomic E-state index is -2.49. The summed E-state index contributed by atoms with van der Waals surface area (Å²) in [6, 6.07) is 0. The summed E-state index contributed by atoms with van der Waals surface area (Å²) >= 11 is 0. The van der Waals surface area contributed by atoms with E-state index in [1.807, 2.05) is 6.92 Å². The number of fused-ring (bicyclic) bond motifs is 2. The lowest BCUT2D eigenvalue weighted by molar-refractivity contribution is -0.0854. The Labute approximate surface area is 91.6 Å². The van der Waals surface area contributed by atoms with E-state index >= 15 is 0 Å². The predicted octanol–water partition coefficient (Wildman–Crippen LogP) is -0.122. The van der Waals surface area contributed by atoms with Gasteiger partial charge in [-0.25, -0.2) is 0 Å². The zero-order valence-corrected chi connectivity index (χ0v) is 10.4. The van der Waals surface area contributed by atoms with Crippen molar-refractivity contribution < 1.29 is 18.0 Å². The summed E-state index contributed by atoms with van der Waals surface area (Å²) < 4.78 is 22.9. The van der Waals surface area contributed by atoms with Crippen LogP contribution in [0.5, 0.6) is 0 Å². The fourth-order valence-corrected chi connectivity index (χ4v) is 4.25. The third-order valence-electron chi connectivity index (χ3n) is 2.60. The van der Waals surface area contributed by atoms with Crippen molar-refractivity contribution in [2.75, 3.05) is 46.2 Å². The molecule has 0 aromatic carbocycles. The average molecular weight is 233 g/mol. The average Bonchev–Trinajstić information content (AvgIpc) is 2.16. The maximum atomic E-state index is 5.95.